The standard InChI is InChI=1S/C13H22N2O/c1-3-10(4-2)15-13(16)11-8-6-5-7-9-12(11)14-15/h10,14H,3-9H2,1-2H3. The molecule has 0 saturated carbocycles. The first-order chi connectivity index (χ1) is 7.77. The first kappa shape index (κ1) is 11.5. The highest BCUT2D eigenvalue weighted by molar-refractivity contribution is 5.19. The molecule has 0 unspecified atom stereocenters. The fraction of sp³-hybridized carbons (Fsp3) is 0.769. The van der Waals surface area contributed by atoms with Crippen molar-refractivity contribution in [2.75, 3.05) is 0 Å². The van der Waals surface area contributed by atoms with Crippen LogP contribution in [0, 0.1) is 0 Å². The van der Waals surface area contributed by atoms with Gasteiger partial charge in [0.1, 0.15) is 0 Å². The molecule has 1 aromatic rings. The summed E-state index contributed by atoms with van der Waals surface area (Å²) < 4.78 is 1.87. The lowest BCUT2D eigenvalue weighted by Crippen LogP contribution is -2.23. The fourth-order valence-electron chi connectivity index (χ4n) is 2.69. The van der Waals surface area contributed by atoms with Crippen LogP contribution in [0.2, 0.25) is 0 Å². The Kier molecular flexibility index (Phi) is 3.52. The molecule has 0 bridgehead atoms. The van der Waals surface area contributed by atoms with Crippen LogP contribution in [0.3, 0.4) is 0 Å². The molecule has 3 heteroatoms. The van der Waals surface area contributed by atoms with Crippen molar-refractivity contribution >= 4 is 0 Å². The van der Waals surface area contributed by atoms with E-state index in [1.54, 1.807) is 0 Å². The third-order valence-corrected chi connectivity index (χ3v) is 3.76. The van der Waals surface area contributed by atoms with E-state index < -0.39 is 0 Å². The van der Waals surface area contributed by atoms with Crippen molar-refractivity contribution in [2.45, 2.75) is 64.8 Å². The molecule has 16 heavy (non-hydrogen) atoms. The Morgan fingerprint density at radius 3 is 2.56 bits per heavy atom. The van der Waals surface area contributed by atoms with Gasteiger partial charge in [0.25, 0.3) is 5.56 Å². The van der Waals surface area contributed by atoms with Gasteiger partial charge >= 0.3 is 0 Å². The zero-order valence-electron chi connectivity index (χ0n) is 10.4. The molecule has 90 valence electrons. The maximum Gasteiger partial charge on any atom is 0.270 e. The van der Waals surface area contributed by atoms with E-state index in [0.717, 1.165) is 31.2 Å². The Morgan fingerprint density at radius 2 is 1.88 bits per heavy atom. The number of fused-ring (bicyclic) bond motifs is 1. The van der Waals surface area contributed by atoms with Crippen molar-refractivity contribution in [1.82, 2.24) is 9.78 Å². The van der Waals surface area contributed by atoms with E-state index in [4.69, 9.17) is 0 Å². The number of hydrogen-bond acceptors (Lipinski definition) is 1. The largest absolute Gasteiger partial charge is 0.299 e. The van der Waals surface area contributed by atoms with Crippen LogP contribution in [0.4, 0.5) is 0 Å². The van der Waals surface area contributed by atoms with Crippen molar-refractivity contribution in [2.24, 2.45) is 0 Å². The molecule has 1 heterocycles. The Balaban J connectivity index is 2.38. The highest BCUT2D eigenvalue weighted by atomic mass is 16.1. The average molecular weight is 222 g/mol. The zero-order valence-corrected chi connectivity index (χ0v) is 10.4. The number of H-pyrrole nitrogens is 1. The van der Waals surface area contributed by atoms with Crippen LogP contribution in [0.5, 0.6) is 0 Å². The van der Waals surface area contributed by atoms with E-state index >= 15 is 0 Å². The van der Waals surface area contributed by atoms with Gasteiger partial charge < -0.3 is 0 Å². The summed E-state index contributed by atoms with van der Waals surface area (Å²) in [7, 11) is 0. The number of rotatable bonds is 3. The molecule has 0 spiro atoms. The minimum Gasteiger partial charge on any atom is -0.299 e. The van der Waals surface area contributed by atoms with Gasteiger partial charge in [-0.05, 0) is 38.5 Å². The highest BCUT2D eigenvalue weighted by Gasteiger charge is 2.19. The summed E-state index contributed by atoms with van der Waals surface area (Å²) in [6.45, 7) is 4.29. The molecule has 3 nitrogen and oxygen atoms in total. The summed E-state index contributed by atoms with van der Waals surface area (Å²) in [5.74, 6) is 0. The van der Waals surface area contributed by atoms with Crippen LogP contribution < -0.4 is 5.56 Å². The topological polar surface area (TPSA) is 37.8 Å². The molecule has 0 saturated heterocycles. The summed E-state index contributed by atoms with van der Waals surface area (Å²) in [6.07, 6.45) is 7.72. The van der Waals surface area contributed by atoms with E-state index in [9.17, 15) is 4.79 Å². The Bertz CT molecular complexity index is 399. The van der Waals surface area contributed by atoms with Gasteiger partial charge in [0.2, 0.25) is 0 Å². The zero-order chi connectivity index (χ0) is 11.5. The molecular weight excluding hydrogens is 200 g/mol. The van der Waals surface area contributed by atoms with Crippen LogP contribution in [0.15, 0.2) is 4.79 Å². The maximum atomic E-state index is 12.3. The lowest BCUT2D eigenvalue weighted by atomic mass is 10.1. The lowest BCUT2D eigenvalue weighted by molar-refractivity contribution is 0.413. The number of aryl methyl sites for hydroxylation is 1. The van der Waals surface area contributed by atoms with Gasteiger partial charge in [0.05, 0.1) is 6.04 Å². The molecule has 0 amide bonds. The normalized spacial score (nSPS) is 16.2. The first-order valence-corrected chi connectivity index (χ1v) is 6.60. The average Bonchev–Trinajstić information content (AvgIpc) is 2.51. The van der Waals surface area contributed by atoms with Gasteiger partial charge in [-0.1, -0.05) is 20.3 Å². The van der Waals surface area contributed by atoms with Gasteiger partial charge in [0.15, 0.2) is 0 Å². The molecule has 2 rings (SSSR count). The van der Waals surface area contributed by atoms with Crippen molar-refractivity contribution in [3.8, 4) is 0 Å². The molecule has 1 aliphatic rings. The van der Waals surface area contributed by atoms with Crippen LogP contribution in [-0.4, -0.2) is 9.78 Å². The molecule has 1 N–H and O–H groups in total. The van der Waals surface area contributed by atoms with E-state index in [-0.39, 0.29) is 5.56 Å². The summed E-state index contributed by atoms with van der Waals surface area (Å²) >= 11 is 0. The number of aromatic nitrogens is 2. The predicted molar refractivity (Wildman–Crippen MR) is 65.9 cm³/mol. The summed E-state index contributed by atoms with van der Waals surface area (Å²) in [6, 6.07) is 0.347. The molecule has 0 radical (unpaired) electrons. The number of hydrogen-bond donors (Lipinski definition) is 1. The molecule has 1 aromatic heterocycles. The molecule has 1 aliphatic carbocycles. The molecule has 0 aromatic carbocycles. The third kappa shape index (κ3) is 1.95. The minimum absolute atomic E-state index is 0.241. The first-order valence-electron chi connectivity index (χ1n) is 6.60. The van der Waals surface area contributed by atoms with E-state index in [2.05, 4.69) is 18.9 Å². The number of aromatic amines is 1. The van der Waals surface area contributed by atoms with Crippen molar-refractivity contribution < 1.29 is 0 Å². The van der Waals surface area contributed by atoms with E-state index in [1.165, 1.54) is 25.0 Å². The SMILES string of the molecule is CCC(CC)n1[nH]c2c(c1=O)CCCCC2. The van der Waals surface area contributed by atoms with Crippen LogP contribution in [-0.2, 0) is 12.8 Å². The monoisotopic (exact) mass is 222 g/mol. The second-order valence-corrected chi connectivity index (χ2v) is 4.78. The highest BCUT2D eigenvalue weighted by Crippen LogP contribution is 2.19. The molecule has 0 atom stereocenters. The summed E-state index contributed by atoms with van der Waals surface area (Å²) in [5, 5.41) is 3.35. The van der Waals surface area contributed by atoms with E-state index in [0.29, 0.717) is 6.04 Å². The van der Waals surface area contributed by atoms with Crippen molar-refractivity contribution in [1.29, 1.82) is 0 Å². The molecular formula is C13H22N2O. The van der Waals surface area contributed by atoms with Gasteiger partial charge in [0, 0.05) is 11.3 Å². The van der Waals surface area contributed by atoms with Crippen LogP contribution in [0.25, 0.3) is 0 Å². The number of nitrogens with one attached hydrogen (secondary N) is 1. The molecule has 0 aliphatic heterocycles. The van der Waals surface area contributed by atoms with Crippen LogP contribution in [0.1, 0.15) is 63.3 Å². The minimum atomic E-state index is 0.241. The second-order valence-electron chi connectivity index (χ2n) is 4.78. The quantitative estimate of drug-likeness (QED) is 0.785. The lowest BCUT2D eigenvalue weighted by Gasteiger charge is -2.13. The Labute approximate surface area is 96.8 Å². The Morgan fingerprint density at radius 1 is 1.19 bits per heavy atom. The maximum absolute atomic E-state index is 12.3. The smallest absolute Gasteiger partial charge is 0.270 e. The van der Waals surface area contributed by atoms with Gasteiger partial charge in [-0.3, -0.25) is 9.89 Å². The van der Waals surface area contributed by atoms with Crippen molar-refractivity contribution in [3.05, 3.63) is 21.6 Å². The Hall–Kier alpha value is -0.990. The summed E-state index contributed by atoms with van der Waals surface area (Å²) in [4.78, 5) is 12.3. The third-order valence-electron chi connectivity index (χ3n) is 3.76. The van der Waals surface area contributed by atoms with Crippen molar-refractivity contribution in [3.63, 3.8) is 0 Å². The second kappa shape index (κ2) is 4.89. The van der Waals surface area contributed by atoms with Crippen LogP contribution >= 0.6 is 0 Å². The van der Waals surface area contributed by atoms with Gasteiger partial charge in [-0.25, -0.2) is 4.68 Å². The van der Waals surface area contributed by atoms with E-state index in [1.807, 2.05) is 4.68 Å². The molecule has 0 fully saturated rings. The van der Waals surface area contributed by atoms with Gasteiger partial charge in [-0.15, -0.1) is 0 Å². The van der Waals surface area contributed by atoms with Gasteiger partial charge in [-0.2, -0.15) is 0 Å². The predicted octanol–water partition coefficient (Wildman–Crippen LogP) is 2.81. The number of nitrogens with zero attached hydrogens (tertiary/aromatic N) is 1. The fourth-order valence-corrected chi connectivity index (χ4v) is 2.69. The summed E-state index contributed by atoms with van der Waals surface area (Å²) in [5.41, 5.74) is 2.50.